The molecule has 2 aliphatic rings. The van der Waals surface area contributed by atoms with E-state index < -0.39 is 5.67 Å². The van der Waals surface area contributed by atoms with Crippen LogP contribution in [0.25, 0.3) is 0 Å². The fraction of sp³-hybridized carbons (Fsp3) is 1.00. The smallest absolute Gasteiger partial charge is 0.124 e. The summed E-state index contributed by atoms with van der Waals surface area (Å²) in [6.07, 6.45) is 9.03. The van der Waals surface area contributed by atoms with E-state index in [-0.39, 0.29) is 6.54 Å². The second-order valence-corrected chi connectivity index (χ2v) is 5.54. The summed E-state index contributed by atoms with van der Waals surface area (Å²) < 4.78 is 14.2. The molecule has 1 saturated carbocycles. The molecule has 2 nitrogen and oxygen atoms in total. The Morgan fingerprint density at radius 3 is 2.50 bits per heavy atom. The van der Waals surface area contributed by atoms with Crippen molar-refractivity contribution in [2.24, 2.45) is 5.73 Å². The van der Waals surface area contributed by atoms with Gasteiger partial charge in [-0.05, 0) is 38.6 Å². The third-order valence-corrected chi connectivity index (χ3v) is 4.37. The van der Waals surface area contributed by atoms with Gasteiger partial charge in [-0.15, -0.1) is 0 Å². The van der Waals surface area contributed by atoms with Crippen LogP contribution in [0.4, 0.5) is 4.39 Å². The largest absolute Gasteiger partial charge is 0.328 e. The van der Waals surface area contributed by atoms with Gasteiger partial charge in [-0.3, -0.25) is 0 Å². The van der Waals surface area contributed by atoms with Gasteiger partial charge >= 0.3 is 0 Å². The molecular weight excluding hydrogens is 203 g/mol. The maximum Gasteiger partial charge on any atom is 0.124 e. The lowest BCUT2D eigenvalue weighted by atomic mass is 9.94. The van der Waals surface area contributed by atoms with E-state index in [0.717, 1.165) is 25.6 Å². The maximum absolute atomic E-state index is 14.2. The molecule has 1 aliphatic carbocycles. The lowest BCUT2D eigenvalue weighted by molar-refractivity contribution is 0.129. The van der Waals surface area contributed by atoms with Crippen LogP contribution in [0.3, 0.4) is 0 Å². The minimum atomic E-state index is -1.08. The SMILES string of the molecule is NCC1(F)CCCN(C2CCCCC2)CC1. The van der Waals surface area contributed by atoms with Gasteiger partial charge in [0.15, 0.2) is 0 Å². The fourth-order valence-electron chi connectivity index (χ4n) is 3.20. The van der Waals surface area contributed by atoms with Crippen LogP contribution in [0.15, 0.2) is 0 Å². The minimum Gasteiger partial charge on any atom is -0.328 e. The van der Waals surface area contributed by atoms with Crippen molar-refractivity contribution in [1.29, 1.82) is 0 Å². The number of halogens is 1. The molecule has 0 spiro atoms. The summed E-state index contributed by atoms with van der Waals surface area (Å²) in [6, 6.07) is 0.730. The van der Waals surface area contributed by atoms with Crippen LogP contribution in [0.5, 0.6) is 0 Å². The number of hydrogen-bond acceptors (Lipinski definition) is 2. The molecule has 2 N–H and O–H groups in total. The van der Waals surface area contributed by atoms with Crippen LogP contribution in [0.1, 0.15) is 51.4 Å². The highest BCUT2D eigenvalue weighted by molar-refractivity contribution is 4.87. The zero-order chi connectivity index (χ0) is 11.4. The molecule has 3 heteroatoms. The lowest BCUT2D eigenvalue weighted by Gasteiger charge is -2.33. The summed E-state index contributed by atoms with van der Waals surface area (Å²) in [6.45, 7) is 2.19. The van der Waals surface area contributed by atoms with E-state index in [4.69, 9.17) is 5.73 Å². The minimum absolute atomic E-state index is 0.200. The number of likely N-dealkylation sites (tertiary alicyclic amines) is 1. The van der Waals surface area contributed by atoms with Gasteiger partial charge < -0.3 is 10.6 Å². The van der Waals surface area contributed by atoms with Crippen LogP contribution in [0.2, 0.25) is 0 Å². The Labute approximate surface area is 98.4 Å². The highest BCUT2D eigenvalue weighted by atomic mass is 19.1. The fourth-order valence-corrected chi connectivity index (χ4v) is 3.20. The molecule has 94 valence electrons. The molecule has 2 fully saturated rings. The van der Waals surface area contributed by atoms with Crippen molar-refractivity contribution >= 4 is 0 Å². The number of nitrogens with zero attached hydrogens (tertiary/aromatic N) is 1. The molecule has 0 amide bonds. The first-order valence-corrected chi connectivity index (χ1v) is 6.87. The van der Waals surface area contributed by atoms with Gasteiger partial charge in [-0.1, -0.05) is 19.3 Å². The van der Waals surface area contributed by atoms with Gasteiger partial charge in [0.1, 0.15) is 5.67 Å². The lowest BCUT2D eigenvalue weighted by Crippen LogP contribution is -2.39. The van der Waals surface area contributed by atoms with Gasteiger partial charge in [0.2, 0.25) is 0 Å². The predicted octanol–water partition coefficient (Wildman–Crippen LogP) is 2.47. The Balaban J connectivity index is 1.87. The maximum atomic E-state index is 14.2. The molecule has 0 radical (unpaired) electrons. The second-order valence-electron chi connectivity index (χ2n) is 5.54. The quantitative estimate of drug-likeness (QED) is 0.786. The molecule has 16 heavy (non-hydrogen) atoms. The molecule has 1 saturated heterocycles. The molecule has 0 aromatic carbocycles. The van der Waals surface area contributed by atoms with Crippen molar-refractivity contribution in [1.82, 2.24) is 4.90 Å². The van der Waals surface area contributed by atoms with Crippen molar-refractivity contribution in [2.45, 2.75) is 63.1 Å². The Bertz CT molecular complexity index is 216. The molecule has 0 bridgehead atoms. The topological polar surface area (TPSA) is 29.3 Å². The van der Waals surface area contributed by atoms with E-state index in [1.807, 2.05) is 0 Å². The van der Waals surface area contributed by atoms with Gasteiger partial charge in [0.25, 0.3) is 0 Å². The molecule has 0 aromatic rings. The summed E-state index contributed by atoms with van der Waals surface area (Å²) in [5.41, 5.74) is 4.46. The number of nitrogens with two attached hydrogens (primary N) is 1. The molecule has 0 aromatic heterocycles. The highest BCUT2D eigenvalue weighted by Crippen LogP contribution is 2.29. The average Bonchev–Trinajstić information content (AvgIpc) is 2.53. The summed E-state index contributed by atoms with van der Waals surface area (Å²) in [5, 5.41) is 0. The standard InChI is InChI=1S/C13H25FN2/c14-13(11-15)7-4-9-16(10-8-13)12-5-2-1-3-6-12/h12H,1-11,15H2. The molecule has 1 heterocycles. The van der Waals surface area contributed by atoms with Gasteiger partial charge in [-0.2, -0.15) is 0 Å². The van der Waals surface area contributed by atoms with E-state index in [1.54, 1.807) is 0 Å². The van der Waals surface area contributed by atoms with Crippen molar-refractivity contribution in [3.05, 3.63) is 0 Å². The van der Waals surface area contributed by atoms with E-state index in [9.17, 15) is 4.39 Å². The number of alkyl halides is 1. The summed E-state index contributed by atoms with van der Waals surface area (Å²) in [5.74, 6) is 0. The predicted molar refractivity (Wildman–Crippen MR) is 65.2 cm³/mol. The normalized spacial score (nSPS) is 34.9. The van der Waals surface area contributed by atoms with Crippen LogP contribution in [-0.2, 0) is 0 Å². The van der Waals surface area contributed by atoms with Gasteiger partial charge in [0, 0.05) is 19.1 Å². The first kappa shape index (κ1) is 12.3. The molecule has 1 aliphatic heterocycles. The van der Waals surface area contributed by atoms with E-state index >= 15 is 0 Å². The molecular formula is C13H25FN2. The summed E-state index contributed by atoms with van der Waals surface area (Å²) >= 11 is 0. The molecule has 1 unspecified atom stereocenters. The van der Waals surface area contributed by atoms with Crippen LogP contribution >= 0.6 is 0 Å². The van der Waals surface area contributed by atoms with Crippen molar-refractivity contribution < 1.29 is 4.39 Å². The first-order valence-electron chi connectivity index (χ1n) is 6.87. The Morgan fingerprint density at radius 2 is 1.81 bits per heavy atom. The Morgan fingerprint density at radius 1 is 1.06 bits per heavy atom. The second kappa shape index (κ2) is 5.46. The number of rotatable bonds is 2. The van der Waals surface area contributed by atoms with Gasteiger partial charge in [-0.25, -0.2) is 4.39 Å². The van der Waals surface area contributed by atoms with Crippen molar-refractivity contribution in [2.75, 3.05) is 19.6 Å². The Kier molecular flexibility index (Phi) is 4.20. The summed E-state index contributed by atoms with van der Waals surface area (Å²) in [4.78, 5) is 2.52. The third kappa shape index (κ3) is 2.95. The third-order valence-electron chi connectivity index (χ3n) is 4.37. The summed E-state index contributed by atoms with van der Waals surface area (Å²) in [7, 11) is 0. The molecule has 2 rings (SSSR count). The van der Waals surface area contributed by atoms with Crippen LogP contribution < -0.4 is 5.73 Å². The average molecular weight is 228 g/mol. The van der Waals surface area contributed by atoms with E-state index in [1.165, 1.54) is 32.1 Å². The van der Waals surface area contributed by atoms with Crippen molar-refractivity contribution in [3.8, 4) is 0 Å². The van der Waals surface area contributed by atoms with Crippen molar-refractivity contribution in [3.63, 3.8) is 0 Å². The zero-order valence-electron chi connectivity index (χ0n) is 10.3. The Hall–Kier alpha value is -0.150. The highest BCUT2D eigenvalue weighted by Gasteiger charge is 2.32. The zero-order valence-corrected chi connectivity index (χ0v) is 10.3. The van der Waals surface area contributed by atoms with Crippen LogP contribution in [-0.4, -0.2) is 36.2 Å². The number of hydrogen-bond donors (Lipinski definition) is 1. The van der Waals surface area contributed by atoms with E-state index in [0.29, 0.717) is 12.8 Å². The van der Waals surface area contributed by atoms with Crippen LogP contribution in [0, 0.1) is 0 Å². The van der Waals surface area contributed by atoms with Gasteiger partial charge in [0.05, 0.1) is 0 Å². The monoisotopic (exact) mass is 228 g/mol. The van der Waals surface area contributed by atoms with E-state index in [2.05, 4.69) is 4.90 Å². The first-order chi connectivity index (χ1) is 7.73. The molecule has 1 atom stereocenters.